The lowest BCUT2D eigenvalue weighted by Crippen LogP contribution is -2.40. The Morgan fingerprint density at radius 1 is 1.15 bits per heavy atom. The van der Waals surface area contributed by atoms with E-state index in [1.54, 1.807) is 18.2 Å². The fourth-order valence-electron chi connectivity index (χ4n) is 3.31. The molecule has 1 fully saturated rings. The predicted octanol–water partition coefficient (Wildman–Crippen LogP) is 2.55. The zero-order valence-corrected chi connectivity index (χ0v) is 15.3. The van der Waals surface area contributed by atoms with Gasteiger partial charge in [0.05, 0.1) is 5.69 Å². The number of nitrogens with one attached hydrogen (secondary N) is 2. The fraction of sp³-hybridized carbons (Fsp3) is 0.421. The minimum atomic E-state index is -0.208. The zero-order valence-electron chi connectivity index (χ0n) is 15.3. The molecule has 1 saturated heterocycles. The van der Waals surface area contributed by atoms with Crippen molar-refractivity contribution in [1.82, 2.24) is 15.5 Å². The second-order valence-electron chi connectivity index (χ2n) is 6.87. The van der Waals surface area contributed by atoms with Crippen molar-refractivity contribution in [3.63, 3.8) is 0 Å². The molecule has 0 aliphatic carbocycles. The number of urea groups is 1. The number of nitrogens with zero attached hydrogens (tertiary/aromatic N) is 3. The number of fused-ring (bicyclic) bond motifs is 1. The molecule has 0 radical (unpaired) electrons. The summed E-state index contributed by atoms with van der Waals surface area (Å²) in [4.78, 5) is 14.4. The molecular formula is C19H23N5O3. The van der Waals surface area contributed by atoms with Crippen LogP contribution in [-0.2, 0) is 0 Å². The average molecular weight is 369 g/mol. The van der Waals surface area contributed by atoms with Crippen molar-refractivity contribution >= 4 is 17.5 Å². The van der Waals surface area contributed by atoms with Gasteiger partial charge in [-0.3, -0.25) is 0 Å². The highest BCUT2D eigenvalue weighted by molar-refractivity contribution is 5.89. The first-order valence-corrected chi connectivity index (χ1v) is 9.17. The van der Waals surface area contributed by atoms with Crippen LogP contribution < -0.4 is 25.0 Å². The second kappa shape index (κ2) is 7.69. The van der Waals surface area contributed by atoms with Crippen LogP contribution in [0.5, 0.6) is 11.5 Å². The minimum absolute atomic E-state index is 0.208. The van der Waals surface area contributed by atoms with Crippen molar-refractivity contribution in [1.29, 1.82) is 0 Å². The number of rotatable bonds is 4. The van der Waals surface area contributed by atoms with Crippen LogP contribution in [-0.4, -0.2) is 42.7 Å². The van der Waals surface area contributed by atoms with Crippen molar-refractivity contribution in [2.45, 2.75) is 19.8 Å². The Hall–Kier alpha value is -3.03. The molecule has 0 unspecified atom stereocenters. The molecule has 2 amide bonds. The van der Waals surface area contributed by atoms with E-state index in [9.17, 15) is 4.79 Å². The van der Waals surface area contributed by atoms with Crippen molar-refractivity contribution in [2.75, 3.05) is 36.6 Å². The number of hydrogen-bond donors (Lipinski definition) is 2. The van der Waals surface area contributed by atoms with E-state index >= 15 is 0 Å². The quantitative estimate of drug-likeness (QED) is 0.861. The Balaban J connectivity index is 1.21. The molecule has 3 heterocycles. The molecule has 4 rings (SSSR count). The third-order valence-electron chi connectivity index (χ3n) is 4.90. The maximum atomic E-state index is 12.2. The number of carbonyl (C=O) groups is 1. The van der Waals surface area contributed by atoms with Crippen molar-refractivity contribution in [3.8, 4) is 11.5 Å². The molecule has 2 aliphatic heterocycles. The summed E-state index contributed by atoms with van der Waals surface area (Å²) in [6.45, 7) is 4.66. The van der Waals surface area contributed by atoms with Crippen LogP contribution in [0.1, 0.15) is 18.5 Å². The van der Waals surface area contributed by atoms with Gasteiger partial charge in [-0.1, -0.05) is 0 Å². The SMILES string of the molecule is Cc1ccc(N2CCC(CNC(=O)Nc3ccc4c(c3)OCO4)CC2)nn1. The highest BCUT2D eigenvalue weighted by atomic mass is 16.7. The van der Waals surface area contributed by atoms with Gasteiger partial charge in [-0.15, -0.1) is 5.10 Å². The highest BCUT2D eigenvalue weighted by Gasteiger charge is 2.21. The first kappa shape index (κ1) is 17.4. The number of aromatic nitrogens is 2. The Kier molecular flexibility index (Phi) is 4.95. The summed E-state index contributed by atoms with van der Waals surface area (Å²) in [6, 6.07) is 9.15. The molecular weight excluding hydrogens is 346 g/mol. The second-order valence-corrected chi connectivity index (χ2v) is 6.87. The topological polar surface area (TPSA) is 88.6 Å². The third kappa shape index (κ3) is 4.21. The lowest BCUT2D eigenvalue weighted by Gasteiger charge is -2.32. The monoisotopic (exact) mass is 369 g/mol. The first-order valence-electron chi connectivity index (χ1n) is 9.17. The Morgan fingerprint density at radius 2 is 1.96 bits per heavy atom. The maximum absolute atomic E-state index is 12.2. The Bertz CT molecular complexity index is 803. The highest BCUT2D eigenvalue weighted by Crippen LogP contribution is 2.34. The van der Waals surface area contributed by atoms with Crippen LogP contribution in [0.2, 0.25) is 0 Å². The van der Waals surface area contributed by atoms with E-state index in [0.717, 1.165) is 37.4 Å². The van der Waals surface area contributed by atoms with Gasteiger partial charge in [0.25, 0.3) is 0 Å². The Morgan fingerprint density at radius 3 is 2.74 bits per heavy atom. The Labute approximate surface area is 157 Å². The average Bonchev–Trinajstić information content (AvgIpc) is 3.15. The van der Waals surface area contributed by atoms with Crippen LogP contribution in [0.3, 0.4) is 0 Å². The smallest absolute Gasteiger partial charge is 0.319 e. The van der Waals surface area contributed by atoms with Gasteiger partial charge >= 0.3 is 6.03 Å². The summed E-state index contributed by atoms with van der Waals surface area (Å²) in [6.07, 6.45) is 2.03. The third-order valence-corrected chi connectivity index (χ3v) is 4.90. The number of anilines is 2. The van der Waals surface area contributed by atoms with E-state index in [2.05, 4.69) is 25.7 Å². The van der Waals surface area contributed by atoms with Gasteiger partial charge in [-0.2, -0.15) is 5.10 Å². The molecule has 0 spiro atoms. The van der Waals surface area contributed by atoms with E-state index in [1.807, 2.05) is 19.1 Å². The molecule has 0 saturated carbocycles. The molecule has 1 aromatic heterocycles. The zero-order chi connectivity index (χ0) is 18.6. The van der Waals surface area contributed by atoms with Gasteiger partial charge in [0.1, 0.15) is 0 Å². The summed E-state index contributed by atoms with van der Waals surface area (Å²) < 4.78 is 10.6. The molecule has 2 aromatic rings. The number of ether oxygens (including phenoxy) is 2. The van der Waals surface area contributed by atoms with Crippen LogP contribution in [0.25, 0.3) is 0 Å². The summed E-state index contributed by atoms with van der Waals surface area (Å²) in [7, 11) is 0. The summed E-state index contributed by atoms with van der Waals surface area (Å²) in [5, 5.41) is 14.2. The molecule has 2 N–H and O–H groups in total. The lowest BCUT2D eigenvalue weighted by atomic mass is 9.97. The molecule has 8 nitrogen and oxygen atoms in total. The molecule has 1 aromatic carbocycles. The van der Waals surface area contributed by atoms with Gasteiger partial charge in [0.2, 0.25) is 6.79 Å². The molecule has 0 atom stereocenters. The number of benzene rings is 1. The lowest BCUT2D eigenvalue weighted by molar-refractivity contribution is 0.174. The van der Waals surface area contributed by atoms with Gasteiger partial charge in [0, 0.05) is 31.4 Å². The van der Waals surface area contributed by atoms with Gasteiger partial charge < -0.3 is 25.0 Å². The number of amides is 2. The largest absolute Gasteiger partial charge is 0.454 e. The van der Waals surface area contributed by atoms with Crippen LogP contribution in [0, 0.1) is 12.8 Å². The molecule has 8 heteroatoms. The molecule has 2 aliphatic rings. The van der Waals surface area contributed by atoms with Gasteiger partial charge in [-0.25, -0.2) is 4.79 Å². The van der Waals surface area contributed by atoms with Crippen molar-refractivity contribution in [2.24, 2.45) is 5.92 Å². The molecule has 27 heavy (non-hydrogen) atoms. The number of carbonyl (C=O) groups excluding carboxylic acids is 1. The fourth-order valence-corrected chi connectivity index (χ4v) is 3.31. The van der Waals surface area contributed by atoms with Crippen molar-refractivity contribution in [3.05, 3.63) is 36.0 Å². The minimum Gasteiger partial charge on any atom is -0.454 e. The maximum Gasteiger partial charge on any atom is 0.319 e. The van der Waals surface area contributed by atoms with Gasteiger partial charge in [-0.05, 0) is 49.9 Å². The molecule has 0 bridgehead atoms. The predicted molar refractivity (Wildman–Crippen MR) is 101 cm³/mol. The summed E-state index contributed by atoms with van der Waals surface area (Å²) in [5.74, 6) is 2.74. The summed E-state index contributed by atoms with van der Waals surface area (Å²) >= 11 is 0. The first-order chi connectivity index (χ1) is 13.2. The number of aryl methyl sites for hydroxylation is 1. The van der Waals surface area contributed by atoms with Crippen LogP contribution in [0.15, 0.2) is 30.3 Å². The number of hydrogen-bond acceptors (Lipinski definition) is 6. The normalized spacial score (nSPS) is 16.3. The molecule has 142 valence electrons. The van der Waals surface area contributed by atoms with E-state index in [0.29, 0.717) is 29.6 Å². The van der Waals surface area contributed by atoms with Crippen molar-refractivity contribution < 1.29 is 14.3 Å². The standard InChI is InChI=1S/C19H23N5O3/c1-13-2-5-18(23-22-13)24-8-6-14(7-9-24)11-20-19(25)21-15-3-4-16-17(10-15)27-12-26-16/h2-5,10,14H,6-9,11-12H2,1H3,(H2,20,21,25). The van der Waals surface area contributed by atoms with Crippen LogP contribution >= 0.6 is 0 Å². The van der Waals surface area contributed by atoms with E-state index < -0.39 is 0 Å². The van der Waals surface area contributed by atoms with E-state index in [-0.39, 0.29) is 12.8 Å². The van der Waals surface area contributed by atoms with Crippen LogP contribution in [0.4, 0.5) is 16.3 Å². The summed E-state index contributed by atoms with van der Waals surface area (Å²) in [5.41, 5.74) is 1.61. The number of piperidine rings is 1. The van der Waals surface area contributed by atoms with Gasteiger partial charge in [0.15, 0.2) is 17.3 Å². The van der Waals surface area contributed by atoms with E-state index in [4.69, 9.17) is 9.47 Å². The van der Waals surface area contributed by atoms with E-state index in [1.165, 1.54) is 0 Å².